The number of carbonyl (C=O) groups excluding carboxylic acids is 1. The molecule has 170 valence electrons. The van der Waals surface area contributed by atoms with Gasteiger partial charge in [-0.2, -0.15) is 0 Å². The summed E-state index contributed by atoms with van der Waals surface area (Å²) in [6.45, 7) is 0.885. The minimum atomic E-state index is -0.788. The Labute approximate surface area is 194 Å². The summed E-state index contributed by atoms with van der Waals surface area (Å²) in [5.41, 5.74) is 1.74. The van der Waals surface area contributed by atoms with E-state index in [4.69, 9.17) is 25.8 Å². The number of Topliss-reactive ketones (excluding diaryl/α,β-unsaturated/α-hetero) is 1. The molecule has 0 unspecified atom stereocenters. The van der Waals surface area contributed by atoms with Gasteiger partial charge in [-0.1, -0.05) is 41.9 Å². The van der Waals surface area contributed by atoms with Gasteiger partial charge in [0, 0.05) is 19.7 Å². The minimum absolute atomic E-state index is 0.0190. The highest BCUT2D eigenvalue weighted by atomic mass is 35.5. The Kier molecular flexibility index (Phi) is 7.16. The quantitative estimate of drug-likeness (QED) is 0.266. The Morgan fingerprint density at radius 3 is 2.70 bits per heavy atom. The Hall–Kier alpha value is -3.49. The highest BCUT2D eigenvalue weighted by Gasteiger charge is 2.21. The predicted molar refractivity (Wildman–Crippen MR) is 121 cm³/mol. The van der Waals surface area contributed by atoms with Crippen molar-refractivity contribution >= 4 is 28.4 Å². The average molecular weight is 470 g/mol. The van der Waals surface area contributed by atoms with Gasteiger partial charge in [0.1, 0.15) is 13.2 Å². The van der Waals surface area contributed by atoms with Gasteiger partial charge in [-0.25, -0.2) is 9.37 Å². The molecule has 9 heteroatoms. The Morgan fingerprint density at radius 1 is 1.09 bits per heavy atom. The van der Waals surface area contributed by atoms with E-state index >= 15 is 4.39 Å². The van der Waals surface area contributed by atoms with Gasteiger partial charge in [0.25, 0.3) is 0 Å². The molecule has 4 aromatic rings. The molecule has 0 aliphatic heterocycles. The van der Waals surface area contributed by atoms with Crippen molar-refractivity contribution in [1.29, 1.82) is 0 Å². The van der Waals surface area contributed by atoms with Crippen LogP contribution in [0.2, 0.25) is 5.02 Å². The zero-order valence-corrected chi connectivity index (χ0v) is 18.6. The van der Waals surface area contributed by atoms with Crippen LogP contribution in [0.5, 0.6) is 11.6 Å². The number of ketones is 1. The van der Waals surface area contributed by atoms with Gasteiger partial charge < -0.3 is 14.2 Å². The third-order valence-corrected chi connectivity index (χ3v) is 5.22. The molecule has 2 heterocycles. The number of aromatic amines is 1. The topological polar surface area (TPSA) is 86.3 Å². The van der Waals surface area contributed by atoms with Crippen molar-refractivity contribution in [2.45, 2.75) is 13.0 Å². The highest BCUT2D eigenvalue weighted by molar-refractivity contribution is 6.34. The molecule has 2 aromatic heterocycles. The molecule has 0 bridgehead atoms. The normalized spacial score (nSPS) is 11.0. The summed E-state index contributed by atoms with van der Waals surface area (Å²) in [4.78, 5) is 17.2. The summed E-state index contributed by atoms with van der Waals surface area (Å²) in [5.74, 6) is -0.966. The van der Waals surface area contributed by atoms with Crippen molar-refractivity contribution in [3.05, 3.63) is 82.3 Å². The van der Waals surface area contributed by atoms with E-state index < -0.39 is 11.6 Å². The number of halogens is 2. The van der Waals surface area contributed by atoms with Gasteiger partial charge in [0.2, 0.25) is 5.88 Å². The Balaban J connectivity index is 1.53. The second-order valence-electron chi connectivity index (χ2n) is 7.22. The number of fused-ring (bicyclic) bond motifs is 1. The summed E-state index contributed by atoms with van der Waals surface area (Å²) in [6.07, 6.45) is 1.42. The Bertz CT molecular complexity index is 1260. The molecule has 0 saturated carbocycles. The van der Waals surface area contributed by atoms with Crippen LogP contribution in [0.3, 0.4) is 0 Å². The molecule has 0 atom stereocenters. The maximum Gasteiger partial charge on any atom is 0.242 e. The molecule has 1 N–H and O–H groups in total. The second-order valence-corrected chi connectivity index (χ2v) is 7.63. The highest BCUT2D eigenvalue weighted by Crippen LogP contribution is 2.30. The first kappa shape index (κ1) is 22.7. The molecule has 33 heavy (non-hydrogen) atoms. The maximum atomic E-state index is 15.1. The fourth-order valence-electron chi connectivity index (χ4n) is 3.26. The van der Waals surface area contributed by atoms with Crippen LogP contribution in [0.15, 0.2) is 54.7 Å². The first-order valence-corrected chi connectivity index (χ1v) is 10.6. The van der Waals surface area contributed by atoms with Crippen LogP contribution in [0, 0.1) is 5.82 Å². The molecule has 0 radical (unpaired) electrons. The molecule has 4 rings (SSSR count). The van der Waals surface area contributed by atoms with Crippen LogP contribution in [-0.4, -0.2) is 41.3 Å². The number of methoxy groups -OCH3 is 1. The van der Waals surface area contributed by atoms with Gasteiger partial charge >= 0.3 is 0 Å². The van der Waals surface area contributed by atoms with Crippen LogP contribution in [0.1, 0.15) is 21.5 Å². The van der Waals surface area contributed by atoms with Crippen molar-refractivity contribution in [3.8, 4) is 11.6 Å². The number of ether oxygens (including phenoxy) is 3. The summed E-state index contributed by atoms with van der Waals surface area (Å²) in [6, 6.07) is 14.0. The summed E-state index contributed by atoms with van der Waals surface area (Å²) < 4.78 is 31.3. The molecule has 7 nitrogen and oxygen atoms in total. The fraction of sp³-hybridized carbons (Fsp3) is 0.208. The van der Waals surface area contributed by atoms with E-state index in [1.54, 1.807) is 13.2 Å². The average Bonchev–Trinajstić information content (AvgIpc) is 3.22. The lowest BCUT2D eigenvalue weighted by Crippen LogP contribution is -2.09. The SMILES string of the molecule is COCCOc1n[nH]c2ncc(CC(=O)c3c(Cl)ccc(OCc4ccccc4)c3F)cc12. The standard InChI is InChI=1S/C24H21ClFN3O4/c1-31-9-10-32-24-17-11-16(13-27-23(17)28-29-24)12-19(30)21-18(25)7-8-20(22(21)26)33-14-15-5-3-2-4-6-15/h2-8,11,13H,9-10,12,14H2,1H3,(H,27,28,29). The Morgan fingerprint density at radius 2 is 1.91 bits per heavy atom. The third-order valence-electron chi connectivity index (χ3n) is 4.90. The molecular weight excluding hydrogens is 449 g/mol. The zero-order valence-electron chi connectivity index (χ0n) is 17.8. The van der Waals surface area contributed by atoms with E-state index in [0.29, 0.717) is 35.7 Å². The number of benzene rings is 2. The number of rotatable bonds is 10. The number of nitrogens with one attached hydrogen (secondary N) is 1. The maximum absolute atomic E-state index is 15.1. The van der Waals surface area contributed by atoms with Crippen LogP contribution in [0.4, 0.5) is 4.39 Å². The number of hydrogen-bond donors (Lipinski definition) is 1. The number of pyridine rings is 1. The molecule has 0 saturated heterocycles. The number of hydrogen-bond acceptors (Lipinski definition) is 6. The lowest BCUT2D eigenvalue weighted by Gasteiger charge is -2.11. The van der Waals surface area contributed by atoms with Crippen molar-refractivity contribution in [1.82, 2.24) is 15.2 Å². The fourth-order valence-corrected chi connectivity index (χ4v) is 3.51. The molecule has 0 spiro atoms. The van der Waals surface area contributed by atoms with Gasteiger partial charge in [-0.15, -0.1) is 5.10 Å². The van der Waals surface area contributed by atoms with Crippen molar-refractivity contribution < 1.29 is 23.4 Å². The number of H-pyrrole nitrogens is 1. The number of carbonyl (C=O) groups is 1. The third kappa shape index (κ3) is 5.30. The van der Waals surface area contributed by atoms with Gasteiger partial charge in [-0.05, 0) is 29.3 Å². The number of nitrogens with zero attached hydrogens (tertiary/aromatic N) is 2. The molecule has 0 aliphatic rings. The van der Waals surface area contributed by atoms with Gasteiger partial charge in [0.15, 0.2) is 23.0 Å². The lowest BCUT2D eigenvalue weighted by atomic mass is 10.0. The van der Waals surface area contributed by atoms with E-state index in [9.17, 15) is 4.79 Å². The summed E-state index contributed by atoms with van der Waals surface area (Å²) >= 11 is 6.17. The molecule has 0 amide bonds. The largest absolute Gasteiger partial charge is 0.486 e. The second kappa shape index (κ2) is 10.4. The van der Waals surface area contributed by atoms with E-state index in [1.165, 1.54) is 18.3 Å². The molecule has 2 aromatic carbocycles. The molecule has 0 fully saturated rings. The van der Waals surface area contributed by atoms with E-state index in [1.807, 2.05) is 30.3 Å². The lowest BCUT2D eigenvalue weighted by molar-refractivity contribution is 0.0988. The van der Waals surface area contributed by atoms with Crippen molar-refractivity contribution in [2.75, 3.05) is 20.3 Å². The minimum Gasteiger partial charge on any atom is -0.486 e. The number of aromatic nitrogens is 3. The first-order chi connectivity index (χ1) is 16.1. The first-order valence-electron chi connectivity index (χ1n) is 10.2. The van der Waals surface area contributed by atoms with Crippen LogP contribution in [0.25, 0.3) is 11.0 Å². The zero-order chi connectivity index (χ0) is 23.2. The van der Waals surface area contributed by atoms with Gasteiger partial charge in [-0.3, -0.25) is 9.89 Å². The molecule has 0 aliphatic carbocycles. The monoisotopic (exact) mass is 469 g/mol. The molecular formula is C24H21ClFN3O4. The van der Waals surface area contributed by atoms with E-state index in [0.717, 1.165) is 5.56 Å². The van der Waals surface area contributed by atoms with Crippen LogP contribution >= 0.6 is 11.6 Å². The van der Waals surface area contributed by atoms with Crippen molar-refractivity contribution in [2.24, 2.45) is 0 Å². The van der Waals surface area contributed by atoms with E-state index in [2.05, 4.69) is 15.2 Å². The van der Waals surface area contributed by atoms with Crippen LogP contribution < -0.4 is 9.47 Å². The predicted octanol–water partition coefficient (Wildman–Crippen LogP) is 4.78. The van der Waals surface area contributed by atoms with Gasteiger partial charge in [0.05, 0.1) is 22.6 Å². The summed E-state index contributed by atoms with van der Waals surface area (Å²) in [7, 11) is 1.57. The smallest absolute Gasteiger partial charge is 0.242 e. The van der Waals surface area contributed by atoms with Crippen LogP contribution in [-0.2, 0) is 17.8 Å². The van der Waals surface area contributed by atoms with Crippen molar-refractivity contribution in [3.63, 3.8) is 0 Å². The van der Waals surface area contributed by atoms with E-state index in [-0.39, 0.29) is 29.4 Å². The summed E-state index contributed by atoms with van der Waals surface area (Å²) in [5, 5.41) is 7.49.